The van der Waals surface area contributed by atoms with Gasteiger partial charge in [-0.15, -0.1) is 0 Å². The molecule has 0 unspecified atom stereocenters. The first-order chi connectivity index (χ1) is 17.1. The Morgan fingerprint density at radius 1 is 0.568 bits per heavy atom. The summed E-state index contributed by atoms with van der Waals surface area (Å²) >= 11 is 0. The number of sulfonamides is 2. The Morgan fingerprint density at radius 2 is 0.892 bits per heavy atom. The number of pyridine rings is 1. The van der Waals surface area contributed by atoms with E-state index in [9.17, 15) is 43.2 Å². The molecule has 0 aromatic carbocycles. The van der Waals surface area contributed by atoms with E-state index in [2.05, 4.69) is 42.1 Å². The van der Waals surface area contributed by atoms with Crippen molar-refractivity contribution in [3.05, 3.63) is 34.7 Å². The van der Waals surface area contributed by atoms with E-state index in [1.54, 1.807) is 0 Å². The molecule has 0 N–H and O–H groups in total. The van der Waals surface area contributed by atoms with Gasteiger partial charge >= 0.3 is 11.0 Å². The van der Waals surface area contributed by atoms with Gasteiger partial charge in [0.15, 0.2) is 32.4 Å². The Bertz CT molecular complexity index is 881. The molecule has 0 aliphatic heterocycles. The van der Waals surface area contributed by atoms with E-state index in [-0.39, 0.29) is 0 Å². The molecule has 0 aliphatic rings. The smallest absolute Gasteiger partial charge is 0.421 e. The molecule has 0 saturated heterocycles. The average molecular weight is 585 g/mol. The van der Waals surface area contributed by atoms with Crippen LogP contribution in [-0.4, -0.2) is 27.9 Å². The molecule has 1 rings (SSSR count). The van der Waals surface area contributed by atoms with Crippen molar-refractivity contribution in [2.24, 2.45) is 0 Å². The van der Waals surface area contributed by atoms with Crippen LogP contribution < -0.4 is 4.57 Å². The largest absolute Gasteiger partial charge is 0.480 e. The molecule has 14 heteroatoms. The zero-order chi connectivity index (χ0) is 28.4. The maximum absolute atomic E-state index is 11.4. The summed E-state index contributed by atoms with van der Waals surface area (Å²) in [4.78, 5) is 0. The van der Waals surface area contributed by atoms with Crippen molar-refractivity contribution in [3.63, 3.8) is 0 Å². The van der Waals surface area contributed by atoms with Gasteiger partial charge < -0.3 is 4.13 Å². The first-order valence-electron chi connectivity index (χ1n) is 12.4. The Hall–Kier alpha value is -1.41. The first kappa shape index (κ1) is 35.6. The second-order valence-corrected chi connectivity index (χ2v) is 12.0. The summed E-state index contributed by atoms with van der Waals surface area (Å²) in [7, 11) is -13.4. The molecule has 1 aromatic heterocycles. The summed E-state index contributed by atoms with van der Waals surface area (Å²) in [5.41, 5.74) is -12.4. The van der Waals surface area contributed by atoms with Gasteiger partial charge in [0, 0.05) is 18.6 Å². The van der Waals surface area contributed by atoms with Crippen molar-refractivity contribution in [1.29, 1.82) is 0 Å². The number of aryl methyl sites for hydroxylation is 1. The van der Waals surface area contributed by atoms with Gasteiger partial charge in [-0.3, -0.25) is 0 Å². The highest BCUT2D eigenvalue weighted by molar-refractivity contribution is 8.13. The lowest BCUT2D eigenvalue weighted by atomic mass is 10.0. The number of unbranched alkanes of at least 4 members (excludes halogenated alkanes) is 13. The lowest BCUT2D eigenvalue weighted by Gasteiger charge is -2.22. The quantitative estimate of drug-likeness (QED) is 0.108. The van der Waals surface area contributed by atoms with E-state index in [0.29, 0.717) is 0 Å². The van der Waals surface area contributed by atoms with E-state index in [1.165, 1.54) is 96.4 Å². The van der Waals surface area contributed by atoms with E-state index < -0.39 is 31.1 Å². The van der Waals surface area contributed by atoms with E-state index in [4.69, 9.17) is 0 Å². The molecule has 0 amide bonds. The van der Waals surface area contributed by atoms with Crippen molar-refractivity contribution >= 4 is 20.0 Å². The van der Waals surface area contributed by atoms with Crippen molar-refractivity contribution in [1.82, 2.24) is 0 Å². The predicted molar refractivity (Wildman–Crippen MR) is 130 cm³/mol. The number of hydrogen-bond donors (Lipinski definition) is 0. The van der Waals surface area contributed by atoms with E-state index in [0.717, 1.165) is 4.13 Å². The molecule has 0 saturated carbocycles. The van der Waals surface area contributed by atoms with Crippen LogP contribution in [0.4, 0.5) is 26.3 Å². The molecular formula is C23H38F6N2O4S2. The molecule has 0 atom stereocenters. The van der Waals surface area contributed by atoms with Gasteiger partial charge in [0.05, 0.1) is 0 Å². The standard InChI is InChI=1S/C21H38N.C2F6NO4S2/c1-2-3-4-5-6-7-8-9-10-11-12-13-14-16-19-22-20-17-15-18-21-22;3-1(4,5)14(10,11)9-15(12,13)2(6,7)8/h15,17-18,20-21H,2-14,16,19H2,1H3;/q+1;-1. The zero-order valence-corrected chi connectivity index (χ0v) is 22.7. The lowest BCUT2D eigenvalue weighted by Crippen LogP contribution is -2.32. The Labute approximate surface area is 217 Å². The van der Waals surface area contributed by atoms with Crippen molar-refractivity contribution in [2.45, 2.75) is 114 Å². The number of hydrogen-bond acceptors (Lipinski definition) is 4. The maximum atomic E-state index is 11.4. The average Bonchev–Trinajstić information content (AvgIpc) is 2.78. The molecule has 0 fully saturated rings. The second kappa shape index (κ2) is 18.0. The van der Waals surface area contributed by atoms with Crippen LogP contribution in [0.3, 0.4) is 0 Å². The van der Waals surface area contributed by atoms with Gasteiger partial charge in [-0.1, -0.05) is 90.0 Å². The monoisotopic (exact) mass is 584 g/mol. The summed E-state index contributed by atoms with van der Waals surface area (Å²) in [6.45, 7) is 3.47. The minimum atomic E-state index is -6.72. The van der Waals surface area contributed by atoms with Crippen molar-refractivity contribution in [3.8, 4) is 0 Å². The number of alkyl halides is 6. The highest BCUT2D eigenvalue weighted by atomic mass is 32.3. The molecule has 1 heterocycles. The zero-order valence-electron chi connectivity index (χ0n) is 21.1. The van der Waals surface area contributed by atoms with Crippen molar-refractivity contribution < 1.29 is 47.7 Å². The molecule has 1 aromatic rings. The van der Waals surface area contributed by atoms with Gasteiger partial charge in [-0.05, 0) is 6.42 Å². The molecule has 218 valence electrons. The Kier molecular flexibility index (Phi) is 17.3. The van der Waals surface area contributed by atoms with Crippen LogP contribution in [0, 0.1) is 0 Å². The van der Waals surface area contributed by atoms with Crippen molar-refractivity contribution in [2.75, 3.05) is 0 Å². The minimum absolute atomic E-state index is 0.778. The normalized spacial score (nSPS) is 12.7. The molecule has 0 aliphatic carbocycles. The highest BCUT2D eigenvalue weighted by Gasteiger charge is 2.46. The third-order valence-electron chi connectivity index (χ3n) is 5.33. The topological polar surface area (TPSA) is 86.3 Å². The predicted octanol–water partition coefficient (Wildman–Crippen LogP) is 7.51. The number of rotatable bonds is 17. The summed E-state index contributed by atoms with van der Waals surface area (Å²) in [6.07, 6.45) is 24.4. The van der Waals surface area contributed by atoms with E-state index in [1.807, 2.05) is 0 Å². The number of aromatic nitrogens is 1. The lowest BCUT2D eigenvalue weighted by molar-refractivity contribution is -0.697. The van der Waals surface area contributed by atoms with Crippen LogP contribution in [0.2, 0.25) is 0 Å². The van der Waals surface area contributed by atoms with E-state index >= 15 is 0 Å². The Morgan fingerprint density at radius 3 is 1.22 bits per heavy atom. The van der Waals surface area contributed by atoms with Gasteiger partial charge in [0.25, 0.3) is 0 Å². The summed E-state index contributed by atoms with van der Waals surface area (Å²) in [5, 5.41) is 0. The summed E-state index contributed by atoms with van der Waals surface area (Å²) < 4.78 is 111. The molecule has 37 heavy (non-hydrogen) atoms. The highest BCUT2D eigenvalue weighted by Crippen LogP contribution is 2.36. The van der Waals surface area contributed by atoms with Crippen LogP contribution in [0.25, 0.3) is 4.13 Å². The third-order valence-corrected chi connectivity index (χ3v) is 8.07. The van der Waals surface area contributed by atoms with Gasteiger partial charge in [-0.2, -0.15) is 26.3 Å². The van der Waals surface area contributed by atoms with Gasteiger partial charge in [0.2, 0.25) is 0 Å². The van der Waals surface area contributed by atoms with Gasteiger partial charge in [0.1, 0.15) is 6.54 Å². The third kappa shape index (κ3) is 16.9. The number of nitrogens with zero attached hydrogens (tertiary/aromatic N) is 2. The summed E-state index contributed by atoms with van der Waals surface area (Å²) in [5.74, 6) is 0. The number of halogens is 6. The molecule has 0 spiro atoms. The first-order valence-corrected chi connectivity index (χ1v) is 15.3. The molecule has 0 radical (unpaired) electrons. The fourth-order valence-corrected chi connectivity index (χ4v) is 5.00. The fourth-order valence-electron chi connectivity index (χ4n) is 3.29. The van der Waals surface area contributed by atoms with Gasteiger partial charge in [-0.25, -0.2) is 21.4 Å². The molecular weight excluding hydrogens is 546 g/mol. The Balaban J connectivity index is 0.000000757. The second-order valence-electron chi connectivity index (χ2n) is 8.63. The summed E-state index contributed by atoms with van der Waals surface area (Å²) in [6, 6.07) is 6.31. The van der Waals surface area contributed by atoms with Crippen LogP contribution in [-0.2, 0) is 26.6 Å². The maximum Gasteiger partial charge on any atom is 0.480 e. The van der Waals surface area contributed by atoms with Crippen LogP contribution in [0.5, 0.6) is 0 Å². The minimum Gasteiger partial charge on any atom is -0.421 e. The molecule has 6 nitrogen and oxygen atoms in total. The van der Waals surface area contributed by atoms with Crippen LogP contribution in [0.1, 0.15) is 96.8 Å². The van der Waals surface area contributed by atoms with Crippen LogP contribution in [0.15, 0.2) is 30.6 Å². The molecule has 0 bridgehead atoms. The van der Waals surface area contributed by atoms with Crippen LogP contribution >= 0.6 is 0 Å². The SMILES string of the molecule is CCCCCCCCCCCCCCCC[n+]1ccccc1.O=S(=O)([N-]S(=O)(=O)C(F)(F)F)C(F)(F)F. The fraction of sp³-hybridized carbons (Fsp3) is 0.783.